The lowest BCUT2D eigenvalue weighted by Gasteiger charge is -2.13. The molecule has 16 heavy (non-hydrogen) atoms. The molecule has 0 spiro atoms. The Hall–Kier alpha value is -1.32. The number of nitrogens with zero attached hydrogens (tertiary/aromatic N) is 2. The highest BCUT2D eigenvalue weighted by Gasteiger charge is 2.15. The second kappa shape index (κ2) is 5.14. The minimum Gasteiger partial charge on any atom is -0.367 e. The van der Waals surface area contributed by atoms with Crippen molar-refractivity contribution in [2.45, 2.75) is 45.6 Å². The summed E-state index contributed by atoms with van der Waals surface area (Å²) < 4.78 is 0. The summed E-state index contributed by atoms with van der Waals surface area (Å²) in [6.07, 6.45) is 5.20. The van der Waals surface area contributed by atoms with Crippen molar-refractivity contribution >= 4 is 11.8 Å². The Balaban J connectivity index is 2.06. The molecule has 1 aliphatic carbocycles. The molecular weight excluding hydrogens is 200 g/mol. The first-order valence-corrected chi connectivity index (χ1v) is 6.14. The van der Waals surface area contributed by atoms with Gasteiger partial charge in [-0.1, -0.05) is 12.8 Å². The zero-order valence-electron chi connectivity index (χ0n) is 10.1. The van der Waals surface area contributed by atoms with Gasteiger partial charge in [-0.25, -0.2) is 4.98 Å². The van der Waals surface area contributed by atoms with E-state index >= 15 is 0 Å². The van der Waals surface area contributed by atoms with E-state index in [2.05, 4.69) is 27.5 Å². The van der Waals surface area contributed by atoms with Crippen LogP contribution in [-0.4, -0.2) is 22.6 Å². The van der Waals surface area contributed by atoms with Crippen molar-refractivity contribution in [3.05, 3.63) is 11.8 Å². The normalized spacial score (nSPS) is 16.4. The molecular formula is C12H20N4. The molecule has 0 bridgehead atoms. The van der Waals surface area contributed by atoms with Gasteiger partial charge in [0.1, 0.15) is 5.82 Å². The first kappa shape index (κ1) is 11.2. The highest BCUT2D eigenvalue weighted by Crippen LogP contribution is 2.22. The molecule has 0 amide bonds. The van der Waals surface area contributed by atoms with Crippen LogP contribution in [0.3, 0.4) is 0 Å². The predicted octanol–water partition coefficient (Wildman–Crippen LogP) is 2.57. The fourth-order valence-corrected chi connectivity index (χ4v) is 2.16. The molecule has 4 heteroatoms. The van der Waals surface area contributed by atoms with E-state index in [1.165, 1.54) is 25.7 Å². The zero-order chi connectivity index (χ0) is 11.4. The van der Waals surface area contributed by atoms with Crippen LogP contribution in [0.15, 0.2) is 6.07 Å². The molecule has 0 aromatic carbocycles. The average Bonchev–Trinajstić information content (AvgIpc) is 2.70. The van der Waals surface area contributed by atoms with Crippen LogP contribution in [0.5, 0.6) is 0 Å². The molecule has 2 N–H and O–H groups in total. The molecule has 2 rings (SSSR count). The van der Waals surface area contributed by atoms with Gasteiger partial charge in [0.15, 0.2) is 0 Å². The molecule has 88 valence electrons. The number of anilines is 2. The highest BCUT2D eigenvalue weighted by molar-refractivity contribution is 5.42. The van der Waals surface area contributed by atoms with Crippen LogP contribution in [0.1, 0.15) is 38.3 Å². The van der Waals surface area contributed by atoms with Crippen molar-refractivity contribution < 1.29 is 0 Å². The standard InChI is InChI=1S/C12H20N4/c1-3-13-12-14-9(2)8-11(16-12)15-10-6-4-5-7-10/h8,10H,3-7H2,1-2H3,(H2,13,14,15,16). The van der Waals surface area contributed by atoms with Crippen LogP contribution < -0.4 is 10.6 Å². The van der Waals surface area contributed by atoms with Crippen molar-refractivity contribution in [1.29, 1.82) is 0 Å². The van der Waals surface area contributed by atoms with E-state index in [0.717, 1.165) is 24.0 Å². The van der Waals surface area contributed by atoms with E-state index in [1.807, 2.05) is 13.0 Å². The average molecular weight is 220 g/mol. The summed E-state index contributed by atoms with van der Waals surface area (Å²) in [7, 11) is 0. The molecule has 0 radical (unpaired) electrons. The quantitative estimate of drug-likeness (QED) is 0.818. The van der Waals surface area contributed by atoms with Crippen LogP contribution in [0, 0.1) is 6.92 Å². The third-order valence-electron chi connectivity index (χ3n) is 2.90. The molecule has 1 aromatic heterocycles. The number of hydrogen-bond acceptors (Lipinski definition) is 4. The van der Waals surface area contributed by atoms with Gasteiger partial charge in [0, 0.05) is 24.3 Å². The SMILES string of the molecule is CCNc1nc(C)cc(NC2CCCC2)n1. The third kappa shape index (κ3) is 2.84. The van der Waals surface area contributed by atoms with Crippen LogP contribution in [-0.2, 0) is 0 Å². The summed E-state index contributed by atoms with van der Waals surface area (Å²) in [4.78, 5) is 8.79. The topological polar surface area (TPSA) is 49.8 Å². The Bertz CT molecular complexity index is 345. The van der Waals surface area contributed by atoms with Gasteiger partial charge in [-0.05, 0) is 26.7 Å². The number of aromatic nitrogens is 2. The lowest BCUT2D eigenvalue weighted by molar-refractivity contribution is 0.749. The Morgan fingerprint density at radius 3 is 2.75 bits per heavy atom. The Kier molecular flexibility index (Phi) is 3.59. The summed E-state index contributed by atoms with van der Waals surface area (Å²) in [5.41, 5.74) is 1.01. The van der Waals surface area contributed by atoms with E-state index in [0.29, 0.717) is 6.04 Å². The molecule has 0 aliphatic heterocycles. The molecule has 1 saturated carbocycles. The second-order valence-corrected chi connectivity index (χ2v) is 4.37. The molecule has 4 nitrogen and oxygen atoms in total. The van der Waals surface area contributed by atoms with Gasteiger partial charge in [0.25, 0.3) is 0 Å². The monoisotopic (exact) mass is 220 g/mol. The predicted molar refractivity (Wildman–Crippen MR) is 66.8 cm³/mol. The van der Waals surface area contributed by atoms with E-state index in [-0.39, 0.29) is 0 Å². The Labute approximate surface area is 96.9 Å². The zero-order valence-corrected chi connectivity index (χ0v) is 10.1. The number of aryl methyl sites for hydroxylation is 1. The Morgan fingerprint density at radius 2 is 2.06 bits per heavy atom. The maximum absolute atomic E-state index is 4.45. The Morgan fingerprint density at radius 1 is 1.31 bits per heavy atom. The highest BCUT2D eigenvalue weighted by atomic mass is 15.1. The molecule has 1 aliphatic rings. The molecule has 0 unspecified atom stereocenters. The van der Waals surface area contributed by atoms with E-state index < -0.39 is 0 Å². The van der Waals surface area contributed by atoms with Gasteiger partial charge in [-0.15, -0.1) is 0 Å². The maximum Gasteiger partial charge on any atom is 0.224 e. The van der Waals surface area contributed by atoms with Crippen molar-refractivity contribution in [3.8, 4) is 0 Å². The third-order valence-corrected chi connectivity index (χ3v) is 2.90. The number of hydrogen-bond donors (Lipinski definition) is 2. The van der Waals surface area contributed by atoms with Crippen molar-refractivity contribution in [1.82, 2.24) is 9.97 Å². The summed E-state index contributed by atoms with van der Waals surface area (Å²) >= 11 is 0. The second-order valence-electron chi connectivity index (χ2n) is 4.37. The van der Waals surface area contributed by atoms with Gasteiger partial charge in [-0.3, -0.25) is 0 Å². The first-order chi connectivity index (χ1) is 7.78. The van der Waals surface area contributed by atoms with Gasteiger partial charge < -0.3 is 10.6 Å². The van der Waals surface area contributed by atoms with E-state index in [4.69, 9.17) is 0 Å². The number of rotatable bonds is 4. The molecule has 0 atom stereocenters. The lowest BCUT2D eigenvalue weighted by atomic mass is 10.2. The summed E-state index contributed by atoms with van der Waals surface area (Å²) in [5, 5.41) is 6.64. The molecule has 0 saturated heterocycles. The van der Waals surface area contributed by atoms with Crippen LogP contribution in [0.4, 0.5) is 11.8 Å². The van der Waals surface area contributed by atoms with E-state index in [1.54, 1.807) is 0 Å². The van der Waals surface area contributed by atoms with Gasteiger partial charge in [-0.2, -0.15) is 4.98 Å². The first-order valence-electron chi connectivity index (χ1n) is 6.14. The van der Waals surface area contributed by atoms with Crippen LogP contribution in [0.25, 0.3) is 0 Å². The van der Waals surface area contributed by atoms with Gasteiger partial charge in [0.05, 0.1) is 0 Å². The molecule has 1 aromatic rings. The molecule has 1 heterocycles. The lowest BCUT2D eigenvalue weighted by Crippen LogP contribution is -2.16. The van der Waals surface area contributed by atoms with Gasteiger partial charge in [0.2, 0.25) is 5.95 Å². The van der Waals surface area contributed by atoms with Crippen molar-refractivity contribution in [2.24, 2.45) is 0 Å². The minimum atomic E-state index is 0.601. The van der Waals surface area contributed by atoms with Crippen molar-refractivity contribution in [3.63, 3.8) is 0 Å². The number of nitrogens with one attached hydrogen (secondary N) is 2. The van der Waals surface area contributed by atoms with Gasteiger partial charge >= 0.3 is 0 Å². The molecule has 1 fully saturated rings. The fraction of sp³-hybridized carbons (Fsp3) is 0.667. The van der Waals surface area contributed by atoms with Crippen LogP contribution in [0.2, 0.25) is 0 Å². The van der Waals surface area contributed by atoms with Crippen molar-refractivity contribution in [2.75, 3.05) is 17.2 Å². The van der Waals surface area contributed by atoms with Crippen LogP contribution >= 0.6 is 0 Å². The smallest absolute Gasteiger partial charge is 0.224 e. The maximum atomic E-state index is 4.45. The summed E-state index contributed by atoms with van der Waals surface area (Å²) in [6.45, 7) is 4.91. The summed E-state index contributed by atoms with van der Waals surface area (Å²) in [6, 6.07) is 2.61. The minimum absolute atomic E-state index is 0.601. The largest absolute Gasteiger partial charge is 0.367 e. The fourth-order valence-electron chi connectivity index (χ4n) is 2.16. The van der Waals surface area contributed by atoms with E-state index in [9.17, 15) is 0 Å². The summed E-state index contributed by atoms with van der Waals surface area (Å²) in [5.74, 6) is 1.68.